The van der Waals surface area contributed by atoms with E-state index in [9.17, 15) is 9.90 Å². The highest BCUT2D eigenvalue weighted by Gasteiger charge is 2.40. The van der Waals surface area contributed by atoms with Crippen molar-refractivity contribution in [3.8, 4) is 5.75 Å². The van der Waals surface area contributed by atoms with Crippen molar-refractivity contribution in [2.45, 2.75) is 67.7 Å². The number of allylic oxidation sites excluding steroid dienone is 4. The van der Waals surface area contributed by atoms with Crippen molar-refractivity contribution in [1.82, 2.24) is 0 Å². The Bertz CT molecular complexity index is 744. The third kappa shape index (κ3) is 3.58. The van der Waals surface area contributed by atoms with E-state index in [0.29, 0.717) is 5.75 Å². The van der Waals surface area contributed by atoms with Crippen LogP contribution in [-0.2, 0) is 10.2 Å². The van der Waals surface area contributed by atoms with Crippen LogP contribution in [0.25, 0.3) is 0 Å². The summed E-state index contributed by atoms with van der Waals surface area (Å²) in [6.07, 6.45) is 4.11. The summed E-state index contributed by atoms with van der Waals surface area (Å²) in [5, 5.41) is 10.7. The summed E-state index contributed by atoms with van der Waals surface area (Å²) in [6.45, 7) is 18.5. The second kappa shape index (κ2) is 5.86. The van der Waals surface area contributed by atoms with E-state index >= 15 is 0 Å². The van der Waals surface area contributed by atoms with Gasteiger partial charge in [-0.15, -0.1) is 0 Å². The number of carbonyl (C=O) groups excluding carboxylic acids is 1. The predicted molar refractivity (Wildman–Crippen MR) is 105 cm³/mol. The number of hydrogen-bond acceptors (Lipinski definition) is 2. The molecule has 0 heterocycles. The molecule has 0 unspecified atom stereocenters. The summed E-state index contributed by atoms with van der Waals surface area (Å²) < 4.78 is 0. The minimum Gasteiger partial charge on any atom is -0.507 e. The highest BCUT2D eigenvalue weighted by molar-refractivity contribution is 6.11. The summed E-state index contributed by atoms with van der Waals surface area (Å²) in [7, 11) is 0. The quantitative estimate of drug-likeness (QED) is 0.702. The van der Waals surface area contributed by atoms with Gasteiger partial charge in [-0.25, -0.2) is 0 Å². The van der Waals surface area contributed by atoms with Gasteiger partial charge in [-0.2, -0.15) is 0 Å². The van der Waals surface area contributed by atoms with Gasteiger partial charge >= 0.3 is 0 Å². The third-order valence-corrected chi connectivity index (χ3v) is 5.02. The maximum atomic E-state index is 13.2. The first-order valence-electron chi connectivity index (χ1n) is 8.99. The van der Waals surface area contributed by atoms with Gasteiger partial charge in [-0.05, 0) is 37.2 Å². The van der Waals surface area contributed by atoms with Crippen LogP contribution in [-0.4, -0.2) is 10.9 Å². The second-order valence-electron chi connectivity index (χ2n) is 9.71. The Morgan fingerprint density at radius 2 is 1.32 bits per heavy atom. The molecule has 0 saturated heterocycles. The third-order valence-electron chi connectivity index (χ3n) is 5.02. The second-order valence-corrected chi connectivity index (χ2v) is 9.71. The van der Waals surface area contributed by atoms with Crippen molar-refractivity contribution in [3.63, 3.8) is 0 Å². The lowest BCUT2D eigenvalue weighted by Crippen LogP contribution is -2.34. The average Bonchev–Trinajstić information content (AvgIpc) is 2.42. The van der Waals surface area contributed by atoms with Crippen molar-refractivity contribution in [2.75, 3.05) is 0 Å². The summed E-state index contributed by atoms with van der Waals surface area (Å²) in [6, 6.07) is 4.02. The first-order valence-corrected chi connectivity index (χ1v) is 8.99. The number of benzene rings is 1. The molecule has 0 atom stereocenters. The monoisotopic (exact) mass is 340 g/mol. The Hall–Kier alpha value is -1.83. The van der Waals surface area contributed by atoms with Gasteiger partial charge in [0.15, 0.2) is 5.78 Å². The number of hydrogen-bond donors (Lipinski definition) is 1. The summed E-state index contributed by atoms with van der Waals surface area (Å²) in [4.78, 5) is 13.2. The van der Waals surface area contributed by atoms with Gasteiger partial charge in [-0.1, -0.05) is 71.4 Å². The Kier molecular flexibility index (Phi) is 4.57. The number of carbonyl (C=O) groups is 1. The Balaban J connectivity index is 2.83. The molecule has 2 rings (SSSR count). The fraction of sp³-hybridized carbons (Fsp3) is 0.522. The van der Waals surface area contributed by atoms with Gasteiger partial charge < -0.3 is 5.11 Å². The largest absolute Gasteiger partial charge is 0.507 e. The normalized spacial score (nSPS) is 18.0. The van der Waals surface area contributed by atoms with Crippen molar-refractivity contribution in [2.24, 2.45) is 10.8 Å². The number of phenolic OH excluding ortho intramolecular Hbond substituents is 1. The summed E-state index contributed by atoms with van der Waals surface area (Å²) in [5.74, 6) is 0.442. The van der Waals surface area contributed by atoms with Crippen molar-refractivity contribution < 1.29 is 9.90 Å². The molecule has 1 aliphatic carbocycles. The molecule has 0 fully saturated rings. The zero-order valence-electron chi connectivity index (χ0n) is 17.2. The molecule has 2 nitrogen and oxygen atoms in total. The lowest BCUT2D eigenvalue weighted by molar-refractivity contribution is -0.114. The van der Waals surface area contributed by atoms with Crippen LogP contribution in [0.5, 0.6) is 5.75 Å². The number of rotatable bonds is 1. The SMILES string of the molecule is Cc1cc(C)c(O)c(C2(C)C=C(C(C)(C)C)C(=O)C(C(C)(C)C)=C2)c1. The van der Waals surface area contributed by atoms with Crippen molar-refractivity contribution in [3.05, 3.63) is 52.1 Å². The molecule has 0 aliphatic heterocycles. The molecule has 0 bridgehead atoms. The van der Waals surface area contributed by atoms with Crippen LogP contribution in [0.2, 0.25) is 0 Å². The molecule has 0 amide bonds. The van der Waals surface area contributed by atoms with Crippen LogP contribution in [0, 0.1) is 24.7 Å². The van der Waals surface area contributed by atoms with Gasteiger partial charge in [0.1, 0.15) is 5.75 Å². The fourth-order valence-electron chi connectivity index (χ4n) is 3.56. The van der Waals surface area contributed by atoms with E-state index in [-0.39, 0.29) is 16.6 Å². The van der Waals surface area contributed by atoms with E-state index in [0.717, 1.165) is 27.8 Å². The molecule has 0 saturated carbocycles. The minimum absolute atomic E-state index is 0.126. The van der Waals surface area contributed by atoms with Gasteiger partial charge in [-0.3, -0.25) is 4.79 Å². The first kappa shape index (κ1) is 19.5. The van der Waals surface area contributed by atoms with Crippen LogP contribution in [0.15, 0.2) is 35.4 Å². The van der Waals surface area contributed by atoms with Crippen LogP contribution in [0.4, 0.5) is 0 Å². The predicted octanol–water partition coefficient (Wildman–Crippen LogP) is 5.79. The molecule has 136 valence electrons. The van der Waals surface area contributed by atoms with E-state index in [1.54, 1.807) is 0 Å². The average molecular weight is 341 g/mol. The van der Waals surface area contributed by atoms with E-state index in [1.165, 1.54) is 0 Å². The minimum atomic E-state index is -0.514. The molecule has 25 heavy (non-hydrogen) atoms. The zero-order valence-corrected chi connectivity index (χ0v) is 17.2. The molecule has 2 heteroatoms. The van der Waals surface area contributed by atoms with E-state index in [4.69, 9.17) is 0 Å². The van der Waals surface area contributed by atoms with Gasteiger partial charge in [0.05, 0.1) is 0 Å². The molecule has 1 N–H and O–H groups in total. The topological polar surface area (TPSA) is 37.3 Å². The summed E-state index contributed by atoms with van der Waals surface area (Å²) >= 11 is 0. The number of phenols is 1. The Morgan fingerprint density at radius 3 is 1.72 bits per heavy atom. The van der Waals surface area contributed by atoms with Crippen LogP contribution >= 0.6 is 0 Å². The van der Waals surface area contributed by atoms with E-state index in [2.05, 4.69) is 60.6 Å². The number of ketones is 1. The van der Waals surface area contributed by atoms with Crippen LogP contribution in [0.3, 0.4) is 0 Å². The maximum Gasteiger partial charge on any atom is 0.185 e. The smallest absolute Gasteiger partial charge is 0.185 e. The van der Waals surface area contributed by atoms with Crippen LogP contribution < -0.4 is 0 Å². The van der Waals surface area contributed by atoms with E-state index in [1.807, 2.05) is 26.0 Å². The molecule has 0 aromatic heterocycles. The van der Waals surface area contributed by atoms with Crippen molar-refractivity contribution >= 4 is 5.78 Å². The number of aromatic hydroxyl groups is 1. The molecule has 0 spiro atoms. The molecular weight excluding hydrogens is 308 g/mol. The highest BCUT2D eigenvalue weighted by atomic mass is 16.3. The maximum absolute atomic E-state index is 13.2. The van der Waals surface area contributed by atoms with Crippen molar-refractivity contribution in [1.29, 1.82) is 0 Å². The highest BCUT2D eigenvalue weighted by Crippen LogP contribution is 2.46. The number of Topliss-reactive ketones (excluding diaryl/α,β-unsaturated/α-hetero) is 1. The first-order chi connectivity index (χ1) is 11.2. The van der Waals surface area contributed by atoms with Gasteiger partial charge in [0, 0.05) is 22.1 Å². The molecule has 1 aromatic carbocycles. The lowest BCUT2D eigenvalue weighted by Gasteiger charge is -2.38. The Labute approximate surface area is 152 Å². The zero-order chi connectivity index (χ0) is 19.4. The van der Waals surface area contributed by atoms with Gasteiger partial charge in [0.25, 0.3) is 0 Å². The molecule has 0 radical (unpaired) electrons. The van der Waals surface area contributed by atoms with Crippen LogP contribution in [0.1, 0.15) is 65.2 Å². The summed E-state index contributed by atoms with van der Waals surface area (Å²) in [5.41, 5.74) is 3.46. The van der Waals surface area contributed by atoms with E-state index < -0.39 is 5.41 Å². The molecular formula is C23H32O2. The van der Waals surface area contributed by atoms with Gasteiger partial charge in [0.2, 0.25) is 0 Å². The lowest BCUT2D eigenvalue weighted by atomic mass is 9.65. The standard InChI is InChI=1S/C23H32O2/c1-14-10-15(2)19(24)16(11-14)23(9)12-17(21(3,4)5)20(25)18(13-23)22(6,7)8/h10-13,24H,1-9H3. The fourth-order valence-corrected chi connectivity index (χ4v) is 3.56. The number of aryl methyl sites for hydroxylation is 2. The Morgan fingerprint density at radius 1 is 0.880 bits per heavy atom. The molecule has 1 aliphatic rings. The molecule has 1 aromatic rings.